The predicted molar refractivity (Wildman–Crippen MR) is 90.2 cm³/mol. The van der Waals surface area contributed by atoms with E-state index in [1.165, 1.54) is 6.92 Å². The second-order valence-electron chi connectivity index (χ2n) is 5.86. The van der Waals surface area contributed by atoms with Gasteiger partial charge in [0.15, 0.2) is 0 Å². The van der Waals surface area contributed by atoms with Gasteiger partial charge in [-0.05, 0) is 47.7 Å². The molecule has 5 heteroatoms. The second kappa shape index (κ2) is 6.69. The predicted octanol–water partition coefficient (Wildman–Crippen LogP) is 3.69. The molecule has 0 bridgehead atoms. The van der Waals surface area contributed by atoms with Gasteiger partial charge in [0.2, 0.25) is 5.91 Å². The van der Waals surface area contributed by atoms with E-state index in [0.717, 1.165) is 28.8 Å². The maximum atomic E-state index is 14.0. The Morgan fingerprint density at radius 3 is 2.65 bits per heavy atom. The molecule has 2 N–H and O–H groups in total. The number of amides is 1. The van der Waals surface area contributed by atoms with Crippen molar-refractivity contribution in [1.82, 2.24) is 5.32 Å². The Bertz CT molecular complexity index is 731. The Kier molecular flexibility index (Phi) is 4.64. The Balaban J connectivity index is 1.58. The monoisotopic (exact) mass is 332 g/mol. The molecule has 0 fully saturated rings. The third kappa shape index (κ3) is 3.71. The number of benzene rings is 2. The van der Waals surface area contributed by atoms with Crippen LogP contribution >= 0.6 is 11.6 Å². The average molecular weight is 333 g/mol. The van der Waals surface area contributed by atoms with Crippen molar-refractivity contribution in [3.63, 3.8) is 0 Å². The fraction of sp³-hybridized carbons (Fsp3) is 0.278. The fourth-order valence-electron chi connectivity index (χ4n) is 2.94. The molecule has 1 amide bonds. The summed E-state index contributed by atoms with van der Waals surface area (Å²) in [5, 5.41) is 6.39. The zero-order chi connectivity index (χ0) is 16.4. The van der Waals surface area contributed by atoms with Crippen LogP contribution in [0.25, 0.3) is 0 Å². The standard InChI is InChI=1S/C18H18ClFN2O/c1-11(23)22-14-5-2-12(3-6-14)10-21-15-8-13-4-7-17(19)18(20)16(13)9-15/h2-7,15,21H,8-10H2,1H3,(H,22,23). The third-order valence-corrected chi connectivity index (χ3v) is 4.37. The van der Waals surface area contributed by atoms with E-state index in [2.05, 4.69) is 10.6 Å². The van der Waals surface area contributed by atoms with Crippen LogP contribution in [0, 0.1) is 5.82 Å². The number of carbonyl (C=O) groups excluding carboxylic acids is 1. The van der Waals surface area contributed by atoms with Crippen LogP contribution in [0.4, 0.5) is 10.1 Å². The molecule has 1 unspecified atom stereocenters. The fourth-order valence-corrected chi connectivity index (χ4v) is 3.12. The number of hydrogen-bond acceptors (Lipinski definition) is 2. The van der Waals surface area contributed by atoms with Crippen molar-refractivity contribution in [2.24, 2.45) is 0 Å². The van der Waals surface area contributed by atoms with Crippen molar-refractivity contribution in [1.29, 1.82) is 0 Å². The first kappa shape index (κ1) is 16.0. The lowest BCUT2D eigenvalue weighted by Crippen LogP contribution is -2.29. The third-order valence-electron chi connectivity index (χ3n) is 4.08. The number of anilines is 1. The van der Waals surface area contributed by atoms with E-state index in [0.29, 0.717) is 13.0 Å². The minimum atomic E-state index is -0.284. The summed E-state index contributed by atoms with van der Waals surface area (Å²) in [4.78, 5) is 11.0. The molecular formula is C18H18ClFN2O. The van der Waals surface area contributed by atoms with E-state index in [1.807, 2.05) is 30.3 Å². The first-order chi connectivity index (χ1) is 11.0. The number of fused-ring (bicyclic) bond motifs is 1. The lowest BCUT2D eigenvalue weighted by Gasteiger charge is -2.12. The molecule has 23 heavy (non-hydrogen) atoms. The molecule has 0 saturated heterocycles. The van der Waals surface area contributed by atoms with Crippen molar-refractivity contribution in [2.75, 3.05) is 5.32 Å². The van der Waals surface area contributed by atoms with Crippen molar-refractivity contribution in [3.8, 4) is 0 Å². The van der Waals surface area contributed by atoms with E-state index in [4.69, 9.17) is 11.6 Å². The molecule has 0 saturated carbocycles. The van der Waals surface area contributed by atoms with Gasteiger partial charge in [-0.25, -0.2) is 4.39 Å². The molecule has 1 atom stereocenters. The van der Waals surface area contributed by atoms with Gasteiger partial charge < -0.3 is 10.6 Å². The Morgan fingerprint density at radius 1 is 1.22 bits per heavy atom. The van der Waals surface area contributed by atoms with Crippen LogP contribution in [0.3, 0.4) is 0 Å². The molecule has 1 aliphatic rings. The quantitative estimate of drug-likeness (QED) is 0.896. The van der Waals surface area contributed by atoms with E-state index in [-0.39, 0.29) is 22.8 Å². The van der Waals surface area contributed by atoms with Crippen LogP contribution in [0.5, 0.6) is 0 Å². The number of nitrogens with one attached hydrogen (secondary N) is 2. The zero-order valence-corrected chi connectivity index (χ0v) is 13.6. The topological polar surface area (TPSA) is 41.1 Å². The molecule has 120 valence electrons. The number of rotatable bonds is 4. The summed E-state index contributed by atoms with van der Waals surface area (Å²) in [7, 11) is 0. The normalized spacial score (nSPS) is 16.2. The molecule has 1 aliphatic carbocycles. The van der Waals surface area contributed by atoms with E-state index in [1.54, 1.807) is 6.07 Å². The van der Waals surface area contributed by atoms with Crippen LogP contribution < -0.4 is 10.6 Å². The van der Waals surface area contributed by atoms with Crippen LogP contribution in [0.2, 0.25) is 5.02 Å². The van der Waals surface area contributed by atoms with Crippen LogP contribution in [0.1, 0.15) is 23.6 Å². The average Bonchev–Trinajstić information content (AvgIpc) is 2.94. The van der Waals surface area contributed by atoms with Gasteiger partial charge in [0.05, 0.1) is 5.02 Å². The lowest BCUT2D eigenvalue weighted by molar-refractivity contribution is -0.114. The summed E-state index contributed by atoms with van der Waals surface area (Å²) in [5.41, 5.74) is 3.67. The van der Waals surface area contributed by atoms with Crippen molar-refractivity contribution >= 4 is 23.2 Å². The maximum absolute atomic E-state index is 14.0. The summed E-state index contributed by atoms with van der Waals surface area (Å²) in [6.45, 7) is 2.19. The maximum Gasteiger partial charge on any atom is 0.221 e. The Hall–Kier alpha value is -1.91. The highest BCUT2D eigenvalue weighted by Gasteiger charge is 2.25. The highest BCUT2D eigenvalue weighted by molar-refractivity contribution is 6.30. The molecule has 3 nitrogen and oxygen atoms in total. The highest BCUT2D eigenvalue weighted by atomic mass is 35.5. The van der Waals surface area contributed by atoms with Gasteiger partial charge in [-0.3, -0.25) is 4.79 Å². The minimum absolute atomic E-state index is 0.0831. The molecular weight excluding hydrogens is 315 g/mol. The van der Waals surface area contributed by atoms with Gasteiger partial charge in [-0.2, -0.15) is 0 Å². The summed E-state index contributed by atoms with van der Waals surface area (Å²) < 4.78 is 14.0. The Labute approximate surface area is 139 Å². The number of hydrogen-bond donors (Lipinski definition) is 2. The molecule has 2 aromatic rings. The van der Waals surface area contributed by atoms with Crippen LogP contribution in [0.15, 0.2) is 36.4 Å². The van der Waals surface area contributed by atoms with Gasteiger partial charge in [-0.15, -0.1) is 0 Å². The van der Waals surface area contributed by atoms with Crippen molar-refractivity contribution in [3.05, 3.63) is 63.9 Å². The molecule has 2 aromatic carbocycles. The summed E-state index contributed by atoms with van der Waals surface area (Å²) in [5.74, 6) is -0.367. The van der Waals surface area contributed by atoms with Gasteiger partial charge in [0.1, 0.15) is 5.82 Å². The SMILES string of the molecule is CC(=O)Nc1ccc(CNC2Cc3ccc(Cl)c(F)c3C2)cc1. The minimum Gasteiger partial charge on any atom is -0.326 e. The lowest BCUT2D eigenvalue weighted by atomic mass is 10.1. The van der Waals surface area contributed by atoms with Gasteiger partial charge >= 0.3 is 0 Å². The summed E-state index contributed by atoms with van der Waals surface area (Å²) >= 11 is 5.84. The first-order valence-corrected chi connectivity index (χ1v) is 7.96. The van der Waals surface area contributed by atoms with E-state index < -0.39 is 0 Å². The van der Waals surface area contributed by atoms with Crippen LogP contribution in [-0.2, 0) is 24.2 Å². The van der Waals surface area contributed by atoms with E-state index >= 15 is 0 Å². The first-order valence-electron chi connectivity index (χ1n) is 7.58. The summed E-state index contributed by atoms with van der Waals surface area (Å²) in [6, 6.07) is 11.4. The number of carbonyl (C=O) groups is 1. The summed E-state index contributed by atoms with van der Waals surface area (Å²) in [6.07, 6.45) is 1.47. The van der Waals surface area contributed by atoms with Crippen LogP contribution in [-0.4, -0.2) is 11.9 Å². The van der Waals surface area contributed by atoms with E-state index in [9.17, 15) is 9.18 Å². The van der Waals surface area contributed by atoms with Gasteiger partial charge in [0, 0.05) is 25.2 Å². The Morgan fingerprint density at radius 2 is 1.96 bits per heavy atom. The molecule has 0 radical (unpaired) electrons. The highest BCUT2D eigenvalue weighted by Crippen LogP contribution is 2.29. The van der Waals surface area contributed by atoms with Crippen molar-refractivity contribution < 1.29 is 9.18 Å². The molecule has 3 rings (SSSR count). The molecule has 0 aromatic heterocycles. The van der Waals surface area contributed by atoms with Crippen molar-refractivity contribution in [2.45, 2.75) is 32.4 Å². The largest absolute Gasteiger partial charge is 0.326 e. The van der Waals surface area contributed by atoms with Gasteiger partial charge in [-0.1, -0.05) is 29.8 Å². The molecule has 0 spiro atoms. The number of halogens is 2. The zero-order valence-electron chi connectivity index (χ0n) is 12.8. The second-order valence-corrected chi connectivity index (χ2v) is 6.27. The molecule has 0 aliphatic heterocycles. The molecule has 0 heterocycles. The van der Waals surface area contributed by atoms with Gasteiger partial charge in [0.25, 0.3) is 0 Å². The smallest absolute Gasteiger partial charge is 0.221 e.